The van der Waals surface area contributed by atoms with Gasteiger partial charge >= 0.3 is 5.97 Å². The molecule has 9 heteroatoms. The van der Waals surface area contributed by atoms with Crippen molar-refractivity contribution in [3.8, 4) is 0 Å². The van der Waals surface area contributed by atoms with E-state index >= 15 is 0 Å². The quantitative estimate of drug-likeness (QED) is 0.570. The minimum atomic E-state index is -1.31. The van der Waals surface area contributed by atoms with Crippen LogP contribution in [0, 0.1) is 10.1 Å². The molecule has 1 rings (SSSR count). The number of nitrogens with one attached hydrogen (secondary N) is 1. The van der Waals surface area contributed by atoms with Crippen molar-refractivity contribution < 1.29 is 19.0 Å². The predicted octanol–water partition coefficient (Wildman–Crippen LogP) is 0.478. The number of nitro groups is 1. The van der Waals surface area contributed by atoms with Crippen LogP contribution in [0.4, 0.5) is 11.5 Å². The summed E-state index contributed by atoms with van der Waals surface area (Å²) in [5.74, 6) is -0.956. The third-order valence-electron chi connectivity index (χ3n) is 2.00. The second-order valence-electron chi connectivity index (χ2n) is 3.36. The summed E-state index contributed by atoms with van der Waals surface area (Å²) in [5, 5.41) is 22.1. The molecule has 18 heavy (non-hydrogen) atoms. The highest BCUT2D eigenvalue weighted by molar-refractivity contribution is 7.84. The summed E-state index contributed by atoms with van der Waals surface area (Å²) in [6.45, 7) is 0.272. The lowest BCUT2D eigenvalue weighted by Crippen LogP contribution is -2.14. The maximum Gasteiger partial charge on any atom is 0.339 e. The molecule has 0 spiro atoms. The zero-order valence-electron chi connectivity index (χ0n) is 9.45. The predicted molar refractivity (Wildman–Crippen MR) is 65.3 cm³/mol. The molecule has 0 aliphatic heterocycles. The number of anilines is 1. The second-order valence-corrected chi connectivity index (χ2v) is 4.91. The van der Waals surface area contributed by atoms with Gasteiger partial charge in [0.05, 0.1) is 4.92 Å². The molecule has 0 aliphatic carbocycles. The van der Waals surface area contributed by atoms with Gasteiger partial charge in [-0.3, -0.25) is 14.3 Å². The Morgan fingerprint density at radius 1 is 1.67 bits per heavy atom. The smallest absolute Gasteiger partial charge is 0.339 e. The minimum Gasteiger partial charge on any atom is -0.478 e. The van der Waals surface area contributed by atoms with Crippen molar-refractivity contribution in [1.82, 2.24) is 4.98 Å². The maximum atomic E-state index is 10.9. The first-order valence-corrected chi connectivity index (χ1v) is 6.56. The first-order valence-electron chi connectivity index (χ1n) is 4.83. The van der Waals surface area contributed by atoms with Crippen LogP contribution in [0.5, 0.6) is 0 Å². The van der Waals surface area contributed by atoms with Crippen LogP contribution in [0.3, 0.4) is 0 Å². The van der Waals surface area contributed by atoms with Gasteiger partial charge in [-0.15, -0.1) is 0 Å². The topological polar surface area (TPSA) is 122 Å². The summed E-state index contributed by atoms with van der Waals surface area (Å²) < 4.78 is 10.8. The van der Waals surface area contributed by atoms with E-state index in [0.717, 1.165) is 12.3 Å². The van der Waals surface area contributed by atoms with Gasteiger partial charge in [0.15, 0.2) is 0 Å². The van der Waals surface area contributed by atoms with E-state index in [2.05, 4.69) is 10.3 Å². The zero-order valence-corrected chi connectivity index (χ0v) is 10.3. The van der Waals surface area contributed by atoms with E-state index in [1.807, 2.05) is 0 Å². The van der Waals surface area contributed by atoms with Crippen LogP contribution in [0.25, 0.3) is 0 Å². The number of carbonyl (C=O) groups is 1. The molecule has 2 N–H and O–H groups in total. The Morgan fingerprint density at radius 2 is 2.33 bits per heavy atom. The lowest BCUT2D eigenvalue weighted by molar-refractivity contribution is -0.385. The molecule has 0 aromatic carbocycles. The third kappa shape index (κ3) is 3.77. The third-order valence-corrected chi connectivity index (χ3v) is 2.78. The van der Waals surface area contributed by atoms with Crippen LogP contribution in [-0.4, -0.2) is 43.7 Å². The molecule has 98 valence electrons. The normalized spacial score (nSPS) is 11.8. The van der Waals surface area contributed by atoms with Gasteiger partial charge in [0.25, 0.3) is 5.69 Å². The molecule has 1 unspecified atom stereocenters. The Balaban J connectivity index is 2.93. The number of nitrogens with zero attached hydrogens (tertiary/aromatic N) is 2. The Hall–Kier alpha value is -2.03. The first kappa shape index (κ1) is 14.0. The van der Waals surface area contributed by atoms with E-state index in [0.29, 0.717) is 5.75 Å². The molecule has 0 saturated carbocycles. The molecule has 0 fully saturated rings. The number of aromatic nitrogens is 1. The molecule has 8 nitrogen and oxygen atoms in total. The van der Waals surface area contributed by atoms with Crippen LogP contribution < -0.4 is 5.32 Å². The van der Waals surface area contributed by atoms with Crippen LogP contribution in [0.15, 0.2) is 12.3 Å². The van der Waals surface area contributed by atoms with Gasteiger partial charge in [-0.05, 0) is 0 Å². The molecular weight excluding hydrogens is 262 g/mol. The summed E-state index contributed by atoms with van der Waals surface area (Å²) in [6, 6.07) is 0.931. The number of carboxylic acids is 1. The number of hydrogen-bond acceptors (Lipinski definition) is 6. The molecule has 1 atom stereocenters. The molecule has 0 radical (unpaired) electrons. The van der Waals surface area contributed by atoms with E-state index in [4.69, 9.17) is 5.11 Å². The van der Waals surface area contributed by atoms with Crippen molar-refractivity contribution in [2.75, 3.05) is 23.9 Å². The Kier molecular flexibility index (Phi) is 4.72. The van der Waals surface area contributed by atoms with Gasteiger partial charge in [-0.1, -0.05) is 0 Å². The largest absolute Gasteiger partial charge is 0.478 e. The average molecular weight is 273 g/mol. The fraction of sp³-hybridized carbons (Fsp3) is 0.333. The molecule has 0 bridgehead atoms. The second kappa shape index (κ2) is 6.05. The lowest BCUT2D eigenvalue weighted by Gasteiger charge is -2.07. The summed E-state index contributed by atoms with van der Waals surface area (Å²) in [5.41, 5.74) is -0.678. The monoisotopic (exact) mass is 273 g/mol. The van der Waals surface area contributed by atoms with Gasteiger partial charge in [0, 0.05) is 35.4 Å². The van der Waals surface area contributed by atoms with E-state index in [-0.39, 0.29) is 17.9 Å². The number of carboxylic acid groups (broad SMARTS) is 1. The molecular formula is C9H11N3O5S. The summed E-state index contributed by atoms with van der Waals surface area (Å²) in [7, 11) is -1.01. The fourth-order valence-electron chi connectivity index (χ4n) is 1.17. The van der Waals surface area contributed by atoms with E-state index < -0.39 is 27.4 Å². The van der Waals surface area contributed by atoms with Crippen molar-refractivity contribution in [3.63, 3.8) is 0 Å². The SMILES string of the molecule is CS(=O)CCNc1ncc([N+](=O)[O-])cc1C(=O)O. The fourth-order valence-corrected chi connectivity index (χ4v) is 1.56. The molecule has 0 amide bonds. The van der Waals surface area contributed by atoms with Crippen molar-refractivity contribution in [3.05, 3.63) is 27.9 Å². The van der Waals surface area contributed by atoms with Crippen LogP contribution in [-0.2, 0) is 10.8 Å². The minimum absolute atomic E-state index is 0.0264. The van der Waals surface area contributed by atoms with E-state index in [1.165, 1.54) is 6.26 Å². The molecule has 1 heterocycles. The van der Waals surface area contributed by atoms with Gasteiger partial charge in [-0.25, -0.2) is 9.78 Å². The van der Waals surface area contributed by atoms with Crippen molar-refractivity contribution in [2.24, 2.45) is 0 Å². The Morgan fingerprint density at radius 3 is 2.83 bits per heavy atom. The van der Waals surface area contributed by atoms with Crippen molar-refractivity contribution >= 4 is 28.3 Å². The van der Waals surface area contributed by atoms with Gasteiger partial charge in [0.2, 0.25) is 0 Å². The molecule has 0 aliphatic rings. The van der Waals surface area contributed by atoms with Gasteiger partial charge < -0.3 is 10.4 Å². The maximum absolute atomic E-state index is 10.9. The zero-order chi connectivity index (χ0) is 13.7. The number of hydrogen-bond donors (Lipinski definition) is 2. The van der Waals surface area contributed by atoms with E-state index in [1.54, 1.807) is 0 Å². The summed E-state index contributed by atoms with van der Waals surface area (Å²) in [4.78, 5) is 24.4. The summed E-state index contributed by atoms with van der Waals surface area (Å²) >= 11 is 0. The highest BCUT2D eigenvalue weighted by Gasteiger charge is 2.17. The number of rotatable bonds is 6. The lowest BCUT2D eigenvalue weighted by atomic mass is 10.2. The number of aromatic carboxylic acids is 1. The highest BCUT2D eigenvalue weighted by atomic mass is 32.2. The summed E-state index contributed by atoms with van der Waals surface area (Å²) in [6.07, 6.45) is 2.49. The van der Waals surface area contributed by atoms with Crippen molar-refractivity contribution in [1.29, 1.82) is 0 Å². The Bertz CT molecular complexity index is 505. The van der Waals surface area contributed by atoms with Crippen LogP contribution >= 0.6 is 0 Å². The van der Waals surface area contributed by atoms with Gasteiger partial charge in [0.1, 0.15) is 17.6 Å². The Labute approximate surface area is 105 Å². The molecule has 1 aromatic rings. The number of pyridine rings is 1. The van der Waals surface area contributed by atoms with E-state index in [9.17, 15) is 19.1 Å². The molecule has 0 saturated heterocycles. The van der Waals surface area contributed by atoms with Crippen LogP contribution in [0.2, 0.25) is 0 Å². The highest BCUT2D eigenvalue weighted by Crippen LogP contribution is 2.18. The standard InChI is InChI=1S/C9H11N3O5S/c1-18(17)3-2-10-8-7(9(13)14)4-6(5-11-8)12(15)16/h4-5H,2-3H2,1H3,(H,10,11)(H,13,14). The first-order chi connectivity index (χ1) is 8.41. The molecule has 1 aromatic heterocycles. The average Bonchev–Trinajstić information content (AvgIpc) is 2.28. The van der Waals surface area contributed by atoms with Crippen molar-refractivity contribution in [2.45, 2.75) is 0 Å². The van der Waals surface area contributed by atoms with Crippen LogP contribution in [0.1, 0.15) is 10.4 Å². The van der Waals surface area contributed by atoms with Gasteiger partial charge in [-0.2, -0.15) is 0 Å².